The molecule has 0 spiro atoms. The lowest BCUT2D eigenvalue weighted by atomic mass is 10.2. The van der Waals surface area contributed by atoms with Crippen molar-refractivity contribution in [2.75, 3.05) is 18.4 Å². The molecular weight excluding hydrogens is 340 g/mol. The molecule has 3 aromatic rings. The van der Waals surface area contributed by atoms with Crippen molar-refractivity contribution in [2.24, 2.45) is 0 Å². The predicted molar refractivity (Wildman–Crippen MR) is 106 cm³/mol. The van der Waals surface area contributed by atoms with Crippen LogP contribution in [-0.2, 0) is 13.1 Å². The fraction of sp³-hybridized carbons (Fsp3) is 0.429. The first-order valence-electron chi connectivity index (χ1n) is 9.81. The van der Waals surface area contributed by atoms with Crippen LogP contribution in [0.1, 0.15) is 49.0 Å². The Morgan fingerprint density at radius 1 is 1.19 bits per heavy atom. The quantitative estimate of drug-likeness (QED) is 0.732. The molecule has 1 N–H and O–H groups in total. The summed E-state index contributed by atoms with van der Waals surface area (Å²) < 4.78 is 7.43. The van der Waals surface area contributed by atoms with Gasteiger partial charge in [0.1, 0.15) is 5.82 Å². The second-order valence-electron chi connectivity index (χ2n) is 7.10. The van der Waals surface area contributed by atoms with Crippen LogP contribution in [0.2, 0.25) is 0 Å². The molecule has 0 unspecified atom stereocenters. The van der Waals surface area contributed by atoms with Gasteiger partial charge < -0.3 is 14.3 Å². The first-order chi connectivity index (χ1) is 13.2. The van der Waals surface area contributed by atoms with E-state index in [1.54, 1.807) is 12.1 Å². The van der Waals surface area contributed by atoms with E-state index in [0.29, 0.717) is 5.76 Å². The smallest absolute Gasteiger partial charge is 0.291 e. The summed E-state index contributed by atoms with van der Waals surface area (Å²) in [6.07, 6.45) is 6.71. The summed E-state index contributed by atoms with van der Waals surface area (Å²) in [7, 11) is 0. The lowest BCUT2D eigenvalue weighted by molar-refractivity contribution is 0.0996. The van der Waals surface area contributed by atoms with Gasteiger partial charge in [-0.15, -0.1) is 0 Å². The maximum atomic E-state index is 12.2. The predicted octanol–water partition coefficient (Wildman–Crippen LogP) is 4.28. The van der Waals surface area contributed by atoms with Crippen molar-refractivity contribution in [2.45, 2.75) is 45.7 Å². The Balaban J connectivity index is 1.57. The second kappa shape index (κ2) is 7.96. The molecule has 1 aromatic carbocycles. The van der Waals surface area contributed by atoms with Crippen molar-refractivity contribution in [1.82, 2.24) is 14.5 Å². The Labute approximate surface area is 159 Å². The van der Waals surface area contributed by atoms with E-state index in [4.69, 9.17) is 9.40 Å². The van der Waals surface area contributed by atoms with Crippen molar-refractivity contribution in [1.29, 1.82) is 0 Å². The van der Waals surface area contributed by atoms with E-state index in [2.05, 4.69) is 21.7 Å². The van der Waals surface area contributed by atoms with Gasteiger partial charge in [-0.25, -0.2) is 4.98 Å². The van der Waals surface area contributed by atoms with Crippen LogP contribution in [0.4, 0.5) is 5.69 Å². The molecule has 6 heteroatoms. The van der Waals surface area contributed by atoms with Gasteiger partial charge in [0.25, 0.3) is 5.91 Å². The monoisotopic (exact) mass is 366 g/mol. The van der Waals surface area contributed by atoms with Crippen LogP contribution >= 0.6 is 0 Å². The lowest BCUT2D eigenvalue weighted by Crippen LogP contribution is -2.25. The Kier molecular flexibility index (Phi) is 5.25. The number of furan rings is 1. The minimum atomic E-state index is -0.251. The van der Waals surface area contributed by atoms with Crippen molar-refractivity contribution in [3.8, 4) is 0 Å². The number of imidazole rings is 1. The van der Waals surface area contributed by atoms with E-state index in [-0.39, 0.29) is 5.91 Å². The van der Waals surface area contributed by atoms with Crippen molar-refractivity contribution < 1.29 is 9.21 Å². The number of aromatic nitrogens is 2. The molecule has 1 aliphatic rings. The minimum absolute atomic E-state index is 0.251. The SMILES string of the molecule is CCn1c(CN2CCCCCC2)nc2cc(NC(=O)c3ccco3)ccc21. The van der Waals surface area contributed by atoms with Crippen LogP contribution in [0.15, 0.2) is 41.0 Å². The summed E-state index contributed by atoms with van der Waals surface area (Å²) in [5.41, 5.74) is 2.75. The molecule has 0 radical (unpaired) electrons. The molecule has 1 saturated heterocycles. The minimum Gasteiger partial charge on any atom is -0.459 e. The number of nitrogens with zero attached hydrogens (tertiary/aromatic N) is 3. The summed E-state index contributed by atoms with van der Waals surface area (Å²) in [6, 6.07) is 9.26. The van der Waals surface area contributed by atoms with Crippen molar-refractivity contribution in [3.63, 3.8) is 0 Å². The zero-order valence-electron chi connectivity index (χ0n) is 15.8. The Morgan fingerprint density at radius 2 is 2.00 bits per heavy atom. The maximum Gasteiger partial charge on any atom is 0.291 e. The van der Waals surface area contributed by atoms with Gasteiger partial charge in [-0.05, 0) is 63.2 Å². The van der Waals surface area contributed by atoms with Crippen molar-refractivity contribution in [3.05, 3.63) is 48.2 Å². The number of hydrogen-bond donors (Lipinski definition) is 1. The number of aryl methyl sites for hydroxylation is 1. The number of anilines is 1. The third kappa shape index (κ3) is 3.90. The van der Waals surface area contributed by atoms with E-state index < -0.39 is 0 Å². The third-order valence-electron chi connectivity index (χ3n) is 5.21. The van der Waals surface area contributed by atoms with Gasteiger partial charge in [0.15, 0.2) is 5.76 Å². The fourth-order valence-corrected chi connectivity index (χ4v) is 3.83. The average molecular weight is 366 g/mol. The molecule has 2 aromatic heterocycles. The number of nitrogens with one attached hydrogen (secondary N) is 1. The molecule has 1 amide bonds. The topological polar surface area (TPSA) is 63.3 Å². The van der Waals surface area contributed by atoms with Gasteiger partial charge >= 0.3 is 0 Å². The van der Waals surface area contributed by atoms with Crippen LogP contribution in [0.3, 0.4) is 0 Å². The number of rotatable bonds is 5. The van der Waals surface area contributed by atoms with Crippen LogP contribution < -0.4 is 5.32 Å². The molecule has 6 nitrogen and oxygen atoms in total. The van der Waals surface area contributed by atoms with Gasteiger partial charge in [-0.3, -0.25) is 9.69 Å². The standard InChI is InChI=1S/C21H26N4O2/c1-2-25-18-10-9-16(22-21(26)19-8-7-13-27-19)14-17(18)23-20(25)15-24-11-5-3-4-6-12-24/h7-10,13-14H,2-6,11-12,15H2,1H3,(H,22,26). The number of carbonyl (C=O) groups is 1. The number of benzene rings is 1. The van der Waals surface area contributed by atoms with E-state index >= 15 is 0 Å². The molecule has 0 aliphatic carbocycles. The molecule has 142 valence electrons. The van der Waals surface area contributed by atoms with Gasteiger partial charge in [0.2, 0.25) is 0 Å². The van der Waals surface area contributed by atoms with Crippen LogP contribution in [0, 0.1) is 0 Å². The molecular formula is C21H26N4O2. The highest BCUT2D eigenvalue weighted by Crippen LogP contribution is 2.23. The highest BCUT2D eigenvalue weighted by molar-refractivity contribution is 6.03. The Hall–Kier alpha value is -2.60. The summed E-state index contributed by atoms with van der Waals surface area (Å²) >= 11 is 0. The Bertz CT molecular complexity index is 906. The van der Waals surface area contributed by atoms with Gasteiger partial charge in [0.05, 0.1) is 23.8 Å². The second-order valence-corrected chi connectivity index (χ2v) is 7.10. The van der Waals surface area contributed by atoms with E-state index in [1.807, 2.05) is 18.2 Å². The van der Waals surface area contributed by atoms with Crippen LogP contribution in [-0.4, -0.2) is 33.4 Å². The third-order valence-corrected chi connectivity index (χ3v) is 5.21. The zero-order chi connectivity index (χ0) is 18.6. The Morgan fingerprint density at radius 3 is 2.70 bits per heavy atom. The number of likely N-dealkylation sites (tertiary alicyclic amines) is 1. The molecule has 27 heavy (non-hydrogen) atoms. The van der Waals surface area contributed by atoms with Crippen LogP contribution in [0.25, 0.3) is 11.0 Å². The highest BCUT2D eigenvalue weighted by Gasteiger charge is 2.16. The summed E-state index contributed by atoms with van der Waals surface area (Å²) in [5, 5.41) is 2.88. The molecule has 0 atom stereocenters. The summed E-state index contributed by atoms with van der Waals surface area (Å²) in [4.78, 5) is 19.6. The number of carbonyl (C=O) groups excluding carboxylic acids is 1. The first-order valence-corrected chi connectivity index (χ1v) is 9.81. The first kappa shape index (κ1) is 17.8. The zero-order valence-corrected chi connectivity index (χ0v) is 15.8. The van der Waals surface area contributed by atoms with E-state index in [9.17, 15) is 4.79 Å². The highest BCUT2D eigenvalue weighted by atomic mass is 16.3. The molecule has 4 rings (SSSR count). The normalized spacial score (nSPS) is 15.7. The molecule has 0 saturated carbocycles. The number of fused-ring (bicyclic) bond motifs is 1. The molecule has 1 fully saturated rings. The van der Waals surface area contributed by atoms with E-state index in [1.165, 1.54) is 31.9 Å². The van der Waals surface area contributed by atoms with Gasteiger partial charge in [-0.2, -0.15) is 0 Å². The van der Waals surface area contributed by atoms with Gasteiger partial charge in [0, 0.05) is 12.2 Å². The molecule has 1 aliphatic heterocycles. The van der Waals surface area contributed by atoms with Crippen LogP contribution in [0.5, 0.6) is 0 Å². The van der Waals surface area contributed by atoms with E-state index in [0.717, 1.165) is 48.7 Å². The maximum absolute atomic E-state index is 12.2. The molecule has 0 bridgehead atoms. The number of hydrogen-bond acceptors (Lipinski definition) is 4. The molecule has 3 heterocycles. The summed E-state index contributed by atoms with van der Waals surface area (Å²) in [6.45, 7) is 6.22. The van der Waals surface area contributed by atoms with Crippen molar-refractivity contribution >= 4 is 22.6 Å². The van der Waals surface area contributed by atoms with Gasteiger partial charge in [-0.1, -0.05) is 12.8 Å². The fourth-order valence-electron chi connectivity index (χ4n) is 3.83. The average Bonchev–Trinajstić information content (AvgIpc) is 3.24. The summed E-state index contributed by atoms with van der Waals surface area (Å²) in [5.74, 6) is 1.15. The number of amides is 1. The largest absolute Gasteiger partial charge is 0.459 e. The lowest BCUT2D eigenvalue weighted by Gasteiger charge is -2.19.